The summed E-state index contributed by atoms with van der Waals surface area (Å²) in [5, 5.41) is 9.41. The van der Waals surface area contributed by atoms with Crippen LogP contribution in [0, 0.1) is 11.3 Å². The van der Waals surface area contributed by atoms with Crippen LogP contribution in [0.3, 0.4) is 0 Å². The lowest BCUT2D eigenvalue weighted by Crippen LogP contribution is -1.66. The van der Waals surface area contributed by atoms with E-state index in [0.717, 1.165) is 16.5 Å². The van der Waals surface area contributed by atoms with Gasteiger partial charge in [0, 0.05) is 17.0 Å². The molecule has 0 saturated carbocycles. The van der Waals surface area contributed by atoms with Gasteiger partial charge in [-0.3, -0.25) is 0 Å². The maximum absolute atomic E-state index is 8.37. The topological polar surface area (TPSA) is 36.9 Å². The minimum atomic E-state index is 0.847. The highest BCUT2D eigenvalue weighted by molar-refractivity contribution is 5.87. The van der Waals surface area contributed by atoms with Gasteiger partial charge in [-0.25, -0.2) is 0 Å². The Morgan fingerprint density at radius 2 is 2.15 bits per heavy atom. The van der Waals surface area contributed by atoms with Gasteiger partial charge in [0.05, 0.1) is 12.3 Å². The van der Waals surface area contributed by atoms with Gasteiger partial charge in [-0.15, -0.1) is 0 Å². The van der Waals surface area contributed by atoms with Crippen LogP contribution in [0.2, 0.25) is 0 Å². The van der Waals surface area contributed by atoms with Crippen molar-refractivity contribution in [2.45, 2.75) is 0 Å². The Labute approximate surface area is 75.7 Å². The first-order chi connectivity index (χ1) is 6.42. The lowest BCUT2D eigenvalue weighted by Gasteiger charge is -1.86. The minimum Gasteiger partial charge on any atom is -0.464 e. The molecule has 1 heterocycles. The Kier molecular flexibility index (Phi) is 1.85. The molecule has 13 heavy (non-hydrogen) atoms. The molecule has 2 aromatic rings. The summed E-state index contributed by atoms with van der Waals surface area (Å²) in [5.74, 6) is 0. The van der Waals surface area contributed by atoms with Gasteiger partial charge in [-0.05, 0) is 12.1 Å². The van der Waals surface area contributed by atoms with Crippen molar-refractivity contribution in [2.24, 2.45) is 0 Å². The minimum absolute atomic E-state index is 0.847. The molecule has 0 atom stereocenters. The van der Waals surface area contributed by atoms with Crippen LogP contribution in [-0.2, 0) is 0 Å². The van der Waals surface area contributed by atoms with Gasteiger partial charge in [-0.2, -0.15) is 5.26 Å². The fourth-order valence-corrected chi connectivity index (χ4v) is 1.25. The van der Waals surface area contributed by atoms with Crippen LogP contribution in [0.15, 0.2) is 41.0 Å². The van der Waals surface area contributed by atoms with E-state index in [1.165, 1.54) is 6.08 Å². The second-order valence-corrected chi connectivity index (χ2v) is 2.65. The van der Waals surface area contributed by atoms with Crippen molar-refractivity contribution < 1.29 is 4.42 Å². The molecule has 0 aliphatic heterocycles. The Balaban J connectivity index is 2.59. The molecule has 0 N–H and O–H groups in total. The first kappa shape index (κ1) is 7.63. The van der Waals surface area contributed by atoms with Gasteiger partial charge in [0.15, 0.2) is 0 Å². The smallest absolute Gasteiger partial charge is 0.134 e. The molecule has 0 bridgehead atoms. The fourth-order valence-electron chi connectivity index (χ4n) is 1.25. The molecular formula is C11H7NO. The van der Waals surface area contributed by atoms with Crippen LogP contribution in [-0.4, -0.2) is 0 Å². The predicted octanol–water partition coefficient (Wildman–Crippen LogP) is 2.97. The fraction of sp³-hybridized carbons (Fsp3) is 0. The zero-order valence-electron chi connectivity index (χ0n) is 6.90. The summed E-state index contributed by atoms with van der Waals surface area (Å²) in [6, 6.07) is 9.68. The van der Waals surface area contributed by atoms with Crippen LogP contribution < -0.4 is 0 Å². The van der Waals surface area contributed by atoms with Gasteiger partial charge in [0.25, 0.3) is 0 Å². The van der Waals surface area contributed by atoms with E-state index in [4.69, 9.17) is 9.68 Å². The summed E-state index contributed by atoms with van der Waals surface area (Å²) in [6.45, 7) is 0. The maximum Gasteiger partial charge on any atom is 0.134 e. The van der Waals surface area contributed by atoms with Gasteiger partial charge < -0.3 is 4.42 Å². The van der Waals surface area contributed by atoms with E-state index in [2.05, 4.69) is 0 Å². The van der Waals surface area contributed by atoms with Crippen molar-refractivity contribution in [3.63, 3.8) is 0 Å². The molecular weight excluding hydrogens is 162 g/mol. The van der Waals surface area contributed by atoms with Crippen LogP contribution in [0.5, 0.6) is 0 Å². The molecule has 0 spiro atoms. The second-order valence-electron chi connectivity index (χ2n) is 2.65. The molecule has 0 aliphatic carbocycles. The third-order valence-corrected chi connectivity index (χ3v) is 1.85. The zero-order chi connectivity index (χ0) is 9.10. The summed E-state index contributed by atoms with van der Waals surface area (Å²) in [5.41, 5.74) is 1.79. The summed E-state index contributed by atoms with van der Waals surface area (Å²) < 4.78 is 5.29. The third-order valence-electron chi connectivity index (χ3n) is 1.85. The molecule has 1 aromatic heterocycles. The lowest BCUT2D eigenvalue weighted by atomic mass is 10.2. The average molecular weight is 169 g/mol. The van der Waals surface area contributed by atoms with E-state index in [1.807, 2.05) is 30.3 Å². The van der Waals surface area contributed by atoms with E-state index in [0.29, 0.717) is 0 Å². The van der Waals surface area contributed by atoms with E-state index in [-0.39, 0.29) is 0 Å². The van der Waals surface area contributed by atoms with Crippen LogP contribution >= 0.6 is 0 Å². The summed E-state index contributed by atoms with van der Waals surface area (Å²) in [4.78, 5) is 0. The normalized spacial score (nSPS) is 10.7. The van der Waals surface area contributed by atoms with Crippen molar-refractivity contribution in [1.82, 2.24) is 0 Å². The van der Waals surface area contributed by atoms with Crippen molar-refractivity contribution in [2.75, 3.05) is 0 Å². The molecule has 1 aromatic carbocycles. The summed E-state index contributed by atoms with van der Waals surface area (Å²) in [7, 11) is 0. The lowest BCUT2D eigenvalue weighted by molar-refractivity contribution is 0.615. The largest absolute Gasteiger partial charge is 0.464 e. The number of furan rings is 1. The zero-order valence-corrected chi connectivity index (χ0v) is 6.90. The number of hydrogen-bond acceptors (Lipinski definition) is 2. The monoisotopic (exact) mass is 169 g/mol. The number of benzene rings is 1. The van der Waals surface area contributed by atoms with E-state index in [1.54, 1.807) is 12.3 Å². The standard InChI is InChI=1S/C11H7NO/c12-7-3-4-9-8-13-11-6-2-1-5-10(9)11/h1-6,8H/b4-3+. The molecule has 0 saturated heterocycles. The molecule has 2 nitrogen and oxygen atoms in total. The van der Waals surface area contributed by atoms with E-state index >= 15 is 0 Å². The van der Waals surface area contributed by atoms with Gasteiger partial charge >= 0.3 is 0 Å². The number of para-hydroxylation sites is 1. The first-order valence-electron chi connectivity index (χ1n) is 3.94. The van der Waals surface area contributed by atoms with Gasteiger partial charge in [-0.1, -0.05) is 18.2 Å². The maximum atomic E-state index is 8.37. The Bertz CT molecular complexity index is 488. The van der Waals surface area contributed by atoms with Crippen molar-refractivity contribution >= 4 is 17.0 Å². The molecule has 62 valence electrons. The quantitative estimate of drug-likeness (QED) is 0.615. The molecule has 2 rings (SSSR count). The number of nitriles is 1. The average Bonchev–Trinajstić information content (AvgIpc) is 2.58. The number of hydrogen-bond donors (Lipinski definition) is 0. The third kappa shape index (κ3) is 1.32. The number of nitrogens with zero attached hydrogens (tertiary/aromatic N) is 1. The number of fused-ring (bicyclic) bond motifs is 1. The van der Waals surface area contributed by atoms with Gasteiger partial charge in [0.1, 0.15) is 5.58 Å². The summed E-state index contributed by atoms with van der Waals surface area (Å²) >= 11 is 0. The van der Waals surface area contributed by atoms with Crippen LogP contribution in [0.1, 0.15) is 5.56 Å². The molecule has 2 heteroatoms. The van der Waals surface area contributed by atoms with Crippen LogP contribution in [0.4, 0.5) is 0 Å². The highest BCUT2D eigenvalue weighted by Crippen LogP contribution is 2.21. The number of rotatable bonds is 1. The summed E-state index contributed by atoms with van der Waals surface area (Å²) in [6.07, 6.45) is 4.83. The first-order valence-corrected chi connectivity index (χ1v) is 3.94. The van der Waals surface area contributed by atoms with Gasteiger partial charge in [0.2, 0.25) is 0 Å². The molecule has 0 aliphatic rings. The van der Waals surface area contributed by atoms with Crippen molar-refractivity contribution in [3.05, 3.63) is 42.2 Å². The Morgan fingerprint density at radius 1 is 1.31 bits per heavy atom. The number of allylic oxidation sites excluding steroid dienone is 1. The highest BCUT2D eigenvalue weighted by Gasteiger charge is 2.00. The van der Waals surface area contributed by atoms with E-state index < -0.39 is 0 Å². The van der Waals surface area contributed by atoms with E-state index in [9.17, 15) is 0 Å². The predicted molar refractivity (Wildman–Crippen MR) is 50.9 cm³/mol. The second kappa shape index (κ2) is 3.16. The molecule has 0 fully saturated rings. The Hall–Kier alpha value is -2.01. The van der Waals surface area contributed by atoms with Crippen molar-refractivity contribution in [1.29, 1.82) is 5.26 Å². The van der Waals surface area contributed by atoms with Crippen LogP contribution in [0.25, 0.3) is 17.0 Å². The molecule has 0 amide bonds. The SMILES string of the molecule is N#C/C=C/c1coc2ccccc12. The highest BCUT2D eigenvalue weighted by atomic mass is 16.3. The molecule has 0 radical (unpaired) electrons. The van der Waals surface area contributed by atoms with Crippen molar-refractivity contribution in [3.8, 4) is 6.07 Å². The Morgan fingerprint density at radius 3 is 3.00 bits per heavy atom. The molecule has 0 unspecified atom stereocenters.